The Kier molecular flexibility index (Phi) is 8.62. The van der Waals surface area contributed by atoms with Crippen LogP contribution in [-0.2, 0) is 14.8 Å². The highest BCUT2D eigenvalue weighted by atomic mass is 32.2. The number of thiazole rings is 1. The first-order valence-electron chi connectivity index (χ1n) is 11.7. The quantitative estimate of drug-likeness (QED) is 0.242. The van der Waals surface area contributed by atoms with Gasteiger partial charge in [0.25, 0.3) is 5.91 Å². The van der Waals surface area contributed by atoms with Crippen LogP contribution in [0, 0.1) is 0 Å². The summed E-state index contributed by atoms with van der Waals surface area (Å²) in [6.07, 6.45) is 0. The second-order valence-corrected chi connectivity index (χ2v) is 10.8. The molecule has 1 aromatic heterocycles. The lowest BCUT2D eigenvalue weighted by atomic mass is 10.1. The molecule has 1 heterocycles. The third-order valence-electron chi connectivity index (χ3n) is 5.62. The molecule has 1 atom stereocenters. The van der Waals surface area contributed by atoms with Gasteiger partial charge in [-0.05, 0) is 55.0 Å². The van der Waals surface area contributed by atoms with E-state index in [2.05, 4.69) is 20.3 Å². The van der Waals surface area contributed by atoms with Gasteiger partial charge in [-0.3, -0.25) is 4.79 Å². The number of benzene rings is 3. The van der Waals surface area contributed by atoms with E-state index in [0.29, 0.717) is 17.2 Å². The zero-order chi connectivity index (χ0) is 27.1. The number of carbonyl (C=O) groups is 1. The molecule has 9 nitrogen and oxygen atoms in total. The van der Waals surface area contributed by atoms with Crippen LogP contribution in [0.15, 0.2) is 83.1 Å². The topological polar surface area (TPSA) is 119 Å². The summed E-state index contributed by atoms with van der Waals surface area (Å²) in [6, 6.07) is 20.2. The molecule has 0 aliphatic carbocycles. The average Bonchev–Trinajstić information content (AvgIpc) is 3.42. The number of methoxy groups -OCH3 is 1. The number of anilines is 2. The van der Waals surface area contributed by atoms with Crippen LogP contribution in [0.2, 0.25) is 0 Å². The molecule has 0 aliphatic heterocycles. The lowest BCUT2D eigenvalue weighted by Gasteiger charge is -2.15. The molecule has 0 saturated heterocycles. The highest BCUT2D eigenvalue weighted by Gasteiger charge is 2.18. The number of rotatable bonds is 11. The van der Waals surface area contributed by atoms with Gasteiger partial charge in [-0.15, -0.1) is 11.3 Å². The van der Waals surface area contributed by atoms with E-state index in [9.17, 15) is 13.2 Å². The molecule has 38 heavy (non-hydrogen) atoms. The van der Waals surface area contributed by atoms with Gasteiger partial charge in [0.15, 0.2) is 11.7 Å². The van der Waals surface area contributed by atoms with Crippen LogP contribution < -0.4 is 24.8 Å². The second-order valence-electron chi connectivity index (χ2n) is 8.26. The van der Waals surface area contributed by atoms with E-state index >= 15 is 0 Å². The maximum absolute atomic E-state index is 12.8. The van der Waals surface area contributed by atoms with E-state index in [4.69, 9.17) is 9.47 Å². The Balaban J connectivity index is 1.37. The van der Waals surface area contributed by atoms with Crippen LogP contribution in [-0.4, -0.2) is 40.1 Å². The fourth-order valence-electron chi connectivity index (χ4n) is 3.65. The first-order valence-corrected chi connectivity index (χ1v) is 14.1. The summed E-state index contributed by atoms with van der Waals surface area (Å²) >= 11 is 1.48. The van der Waals surface area contributed by atoms with E-state index in [-0.39, 0.29) is 11.5 Å². The summed E-state index contributed by atoms with van der Waals surface area (Å²) in [4.78, 5) is 17.2. The minimum atomic E-state index is -3.74. The summed E-state index contributed by atoms with van der Waals surface area (Å²) in [5.74, 6) is 0.459. The van der Waals surface area contributed by atoms with Gasteiger partial charge < -0.3 is 20.1 Å². The molecule has 0 radical (unpaired) electrons. The van der Waals surface area contributed by atoms with Gasteiger partial charge in [-0.25, -0.2) is 18.1 Å². The van der Waals surface area contributed by atoms with Crippen LogP contribution in [0.4, 0.5) is 10.8 Å². The Bertz CT molecular complexity index is 1490. The van der Waals surface area contributed by atoms with Gasteiger partial charge >= 0.3 is 0 Å². The van der Waals surface area contributed by atoms with Gasteiger partial charge in [0, 0.05) is 24.0 Å². The monoisotopic (exact) mass is 552 g/mol. The zero-order valence-corrected chi connectivity index (χ0v) is 22.7. The average molecular weight is 553 g/mol. The molecule has 3 N–H and O–H groups in total. The van der Waals surface area contributed by atoms with Crippen molar-refractivity contribution in [3.8, 4) is 22.8 Å². The van der Waals surface area contributed by atoms with Crippen molar-refractivity contribution in [3.05, 3.63) is 83.7 Å². The van der Waals surface area contributed by atoms with Crippen LogP contribution >= 0.6 is 11.3 Å². The van der Waals surface area contributed by atoms with E-state index in [1.807, 2.05) is 41.8 Å². The Labute approximate surface area is 225 Å². The van der Waals surface area contributed by atoms with Crippen molar-refractivity contribution in [2.45, 2.75) is 17.9 Å². The number of amides is 1. The predicted molar refractivity (Wildman–Crippen MR) is 149 cm³/mol. The van der Waals surface area contributed by atoms with Crippen LogP contribution in [0.25, 0.3) is 11.3 Å². The fraction of sp³-hybridized carbons (Fsp3) is 0.185. The van der Waals surface area contributed by atoms with E-state index in [1.54, 1.807) is 26.1 Å². The second kappa shape index (κ2) is 12.1. The highest BCUT2D eigenvalue weighted by molar-refractivity contribution is 7.89. The maximum atomic E-state index is 12.8. The predicted octanol–water partition coefficient (Wildman–Crippen LogP) is 4.92. The Morgan fingerprint density at radius 3 is 2.45 bits per heavy atom. The molecule has 0 bridgehead atoms. The number of hydrogen-bond donors (Lipinski definition) is 3. The molecule has 4 aromatic rings. The number of nitrogens with one attached hydrogen (secondary N) is 3. The number of ether oxygens (including phenoxy) is 2. The number of sulfonamides is 1. The van der Waals surface area contributed by atoms with Crippen molar-refractivity contribution in [3.63, 3.8) is 0 Å². The Morgan fingerprint density at radius 1 is 1.05 bits per heavy atom. The molecular weight excluding hydrogens is 524 g/mol. The zero-order valence-electron chi connectivity index (χ0n) is 21.1. The number of carbonyl (C=O) groups excluding carboxylic acids is 1. The first kappa shape index (κ1) is 27.1. The molecule has 0 aliphatic rings. The highest BCUT2D eigenvalue weighted by Crippen LogP contribution is 2.32. The fourth-order valence-corrected chi connectivity index (χ4v) is 5.56. The van der Waals surface area contributed by atoms with Gasteiger partial charge in [-0.2, -0.15) is 0 Å². The van der Waals surface area contributed by atoms with E-state index < -0.39 is 22.0 Å². The Hall–Kier alpha value is -3.93. The summed E-state index contributed by atoms with van der Waals surface area (Å²) in [5.41, 5.74) is 2.94. The summed E-state index contributed by atoms with van der Waals surface area (Å²) in [7, 11) is -0.413. The SMILES string of the molecule is CNc1nc(-c2ccc(OC)c(NC(=O)COc3ccc(S(=O)(=O)NC(C)c4ccccc4)cc3)c2)cs1. The normalized spacial score (nSPS) is 12.0. The number of hydrogen-bond acceptors (Lipinski definition) is 8. The Morgan fingerprint density at radius 2 is 1.79 bits per heavy atom. The van der Waals surface area contributed by atoms with Crippen molar-refractivity contribution in [2.75, 3.05) is 31.4 Å². The molecule has 0 spiro atoms. The van der Waals surface area contributed by atoms with E-state index in [1.165, 1.54) is 42.7 Å². The van der Waals surface area contributed by atoms with Gasteiger partial charge in [0.1, 0.15) is 11.5 Å². The lowest BCUT2D eigenvalue weighted by Crippen LogP contribution is -2.26. The molecule has 4 rings (SSSR count). The minimum absolute atomic E-state index is 0.0992. The first-order chi connectivity index (χ1) is 18.3. The third-order valence-corrected chi connectivity index (χ3v) is 8.04. The van der Waals surface area contributed by atoms with Crippen LogP contribution in [0.5, 0.6) is 11.5 Å². The largest absolute Gasteiger partial charge is 0.495 e. The van der Waals surface area contributed by atoms with Crippen LogP contribution in [0.1, 0.15) is 18.5 Å². The van der Waals surface area contributed by atoms with Gasteiger partial charge in [0.2, 0.25) is 10.0 Å². The van der Waals surface area contributed by atoms with Crippen molar-refractivity contribution < 1.29 is 22.7 Å². The summed E-state index contributed by atoms with van der Waals surface area (Å²) in [6.45, 7) is 1.51. The number of nitrogens with zero attached hydrogens (tertiary/aromatic N) is 1. The van der Waals surface area contributed by atoms with Crippen molar-refractivity contribution in [1.82, 2.24) is 9.71 Å². The molecule has 11 heteroatoms. The molecule has 1 amide bonds. The van der Waals surface area contributed by atoms with E-state index in [0.717, 1.165) is 22.0 Å². The lowest BCUT2D eigenvalue weighted by molar-refractivity contribution is -0.118. The van der Waals surface area contributed by atoms with Gasteiger partial charge in [0.05, 0.1) is 23.4 Å². The molecule has 3 aromatic carbocycles. The van der Waals surface area contributed by atoms with Crippen LogP contribution in [0.3, 0.4) is 0 Å². The number of aromatic nitrogens is 1. The minimum Gasteiger partial charge on any atom is -0.495 e. The molecule has 198 valence electrons. The van der Waals surface area contributed by atoms with Crippen molar-refractivity contribution in [1.29, 1.82) is 0 Å². The smallest absolute Gasteiger partial charge is 0.262 e. The molecule has 0 saturated carbocycles. The third kappa shape index (κ3) is 6.68. The van der Waals surface area contributed by atoms with Gasteiger partial charge in [-0.1, -0.05) is 30.3 Å². The maximum Gasteiger partial charge on any atom is 0.262 e. The van der Waals surface area contributed by atoms with Crippen molar-refractivity contribution >= 4 is 38.1 Å². The molecule has 1 unspecified atom stereocenters. The molecular formula is C27H28N4O5S2. The summed E-state index contributed by atoms with van der Waals surface area (Å²) in [5, 5.41) is 8.51. The summed E-state index contributed by atoms with van der Waals surface area (Å²) < 4.78 is 39.2. The molecule has 0 fully saturated rings. The van der Waals surface area contributed by atoms with Crippen molar-refractivity contribution in [2.24, 2.45) is 0 Å². The standard InChI is InChI=1S/C27H28N4O5S2/c1-18(19-7-5-4-6-8-19)31-38(33,34)22-12-10-21(11-13-22)36-16-26(32)29-23-15-20(9-14-25(23)35-3)24-17-37-27(28-2)30-24/h4-15,17-18,31H,16H2,1-3H3,(H,28,30)(H,29,32).